The number of piperidine rings is 1. The van der Waals surface area contributed by atoms with Crippen molar-refractivity contribution in [2.45, 2.75) is 32.2 Å². The minimum atomic E-state index is -0.705. The molecule has 1 unspecified atom stereocenters. The lowest BCUT2D eigenvalue weighted by Crippen LogP contribution is -2.43. The van der Waals surface area contributed by atoms with Gasteiger partial charge in [0.25, 0.3) is 0 Å². The van der Waals surface area contributed by atoms with Crippen LogP contribution in [0.25, 0.3) is 0 Å². The van der Waals surface area contributed by atoms with E-state index in [0.717, 1.165) is 25.8 Å². The SMILES string of the molecule is CCC1CCN[C@H](C(=O)O)C1.Cl. The van der Waals surface area contributed by atoms with Gasteiger partial charge in [0.1, 0.15) is 6.04 Å². The van der Waals surface area contributed by atoms with Crippen LogP contribution in [0.4, 0.5) is 0 Å². The zero-order valence-corrected chi connectivity index (χ0v) is 8.06. The minimum Gasteiger partial charge on any atom is -0.480 e. The number of rotatable bonds is 2. The molecule has 4 heteroatoms. The number of halogens is 1. The van der Waals surface area contributed by atoms with Gasteiger partial charge in [-0.15, -0.1) is 12.4 Å². The Balaban J connectivity index is 0.00000121. The zero-order valence-electron chi connectivity index (χ0n) is 7.25. The number of aliphatic carboxylic acids is 1. The molecule has 3 nitrogen and oxygen atoms in total. The molecule has 0 aromatic heterocycles. The topological polar surface area (TPSA) is 49.3 Å². The summed E-state index contributed by atoms with van der Waals surface area (Å²) in [6.45, 7) is 2.98. The van der Waals surface area contributed by atoms with E-state index in [4.69, 9.17) is 5.11 Å². The van der Waals surface area contributed by atoms with Gasteiger partial charge in [-0.1, -0.05) is 13.3 Å². The van der Waals surface area contributed by atoms with Crippen LogP contribution < -0.4 is 5.32 Å². The van der Waals surface area contributed by atoms with Crippen LogP contribution in [0.2, 0.25) is 0 Å². The molecule has 72 valence electrons. The maximum atomic E-state index is 10.6. The lowest BCUT2D eigenvalue weighted by molar-refractivity contribution is -0.140. The van der Waals surface area contributed by atoms with Crippen LogP contribution in [0.5, 0.6) is 0 Å². The maximum absolute atomic E-state index is 10.6. The fourth-order valence-electron chi connectivity index (χ4n) is 1.56. The van der Waals surface area contributed by atoms with Crippen LogP contribution >= 0.6 is 12.4 Å². The molecule has 0 spiro atoms. The first-order chi connectivity index (χ1) is 5.24. The van der Waals surface area contributed by atoms with E-state index >= 15 is 0 Å². The number of carboxylic acid groups (broad SMARTS) is 1. The normalized spacial score (nSPS) is 29.1. The highest BCUT2D eigenvalue weighted by Crippen LogP contribution is 2.18. The van der Waals surface area contributed by atoms with Crippen molar-refractivity contribution in [1.82, 2.24) is 5.32 Å². The lowest BCUT2D eigenvalue weighted by atomic mass is 9.90. The second kappa shape index (κ2) is 5.38. The van der Waals surface area contributed by atoms with E-state index in [2.05, 4.69) is 12.2 Å². The molecular formula is C8H16ClNO2. The Bertz CT molecular complexity index is 152. The Hall–Kier alpha value is -0.280. The Morgan fingerprint density at radius 3 is 2.83 bits per heavy atom. The Morgan fingerprint density at radius 1 is 1.67 bits per heavy atom. The summed E-state index contributed by atoms with van der Waals surface area (Å²) in [7, 11) is 0. The van der Waals surface area contributed by atoms with Gasteiger partial charge in [0, 0.05) is 0 Å². The number of hydrogen-bond donors (Lipinski definition) is 2. The molecule has 1 aliphatic heterocycles. The summed E-state index contributed by atoms with van der Waals surface area (Å²) >= 11 is 0. The third-order valence-electron chi connectivity index (χ3n) is 2.39. The van der Waals surface area contributed by atoms with Gasteiger partial charge in [-0.3, -0.25) is 4.79 Å². The van der Waals surface area contributed by atoms with Crippen molar-refractivity contribution in [3.63, 3.8) is 0 Å². The number of carboxylic acids is 1. The molecule has 2 atom stereocenters. The molecule has 0 radical (unpaired) electrons. The molecule has 1 heterocycles. The van der Waals surface area contributed by atoms with Crippen molar-refractivity contribution in [1.29, 1.82) is 0 Å². The predicted molar refractivity (Wildman–Crippen MR) is 49.7 cm³/mol. The highest BCUT2D eigenvalue weighted by atomic mass is 35.5. The number of carbonyl (C=O) groups is 1. The average Bonchev–Trinajstić information content (AvgIpc) is 2.05. The van der Waals surface area contributed by atoms with Crippen LogP contribution in [0.1, 0.15) is 26.2 Å². The van der Waals surface area contributed by atoms with Gasteiger partial charge < -0.3 is 10.4 Å². The Morgan fingerprint density at radius 2 is 2.33 bits per heavy atom. The van der Waals surface area contributed by atoms with Gasteiger partial charge in [0.15, 0.2) is 0 Å². The molecular weight excluding hydrogens is 178 g/mol. The smallest absolute Gasteiger partial charge is 0.320 e. The first-order valence-corrected chi connectivity index (χ1v) is 4.20. The van der Waals surface area contributed by atoms with E-state index in [1.165, 1.54) is 0 Å². The Kier molecular flexibility index (Phi) is 5.25. The summed E-state index contributed by atoms with van der Waals surface area (Å²) in [6.07, 6.45) is 3.03. The highest BCUT2D eigenvalue weighted by Gasteiger charge is 2.24. The summed E-state index contributed by atoms with van der Waals surface area (Å²) in [5, 5.41) is 11.7. The molecule has 2 N–H and O–H groups in total. The van der Waals surface area contributed by atoms with Crippen molar-refractivity contribution in [2.24, 2.45) is 5.92 Å². The molecule has 0 aromatic carbocycles. The van der Waals surface area contributed by atoms with Crippen LogP contribution in [-0.2, 0) is 4.79 Å². The average molecular weight is 194 g/mol. The monoisotopic (exact) mass is 193 g/mol. The van der Waals surface area contributed by atoms with Gasteiger partial charge in [-0.25, -0.2) is 0 Å². The summed E-state index contributed by atoms with van der Waals surface area (Å²) in [6, 6.07) is -0.298. The second-order valence-electron chi connectivity index (χ2n) is 3.14. The first-order valence-electron chi connectivity index (χ1n) is 4.20. The van der Waals surface area contributed by atoms with Crippen molar-refractivity contribution < 1.29 is 9.90 Å². The molecule has 1 rings (SSSR count). The van der Waals surface area contributed by atoms with Crippen molar-refractivity contribution in [3.05, 3.63) is 0 Å². The van der Waals surface area contributed by atoms with E-state index in [1.807, 2.05) is 0 Å². The van der Waals surface area contributed by atoms with Crippen LogP contribution in [0, 0.1) is 5.92 Å². The van der Waals surface area contributed by atoms with Crippen molar-refractivity contribution in [3.8, 4) is 0 Å². The number of nitrogens with one attached hydrogen (secondary N) is 1. The fourth-order valence-corrected chi connectivity index (χ4v) is 1.56. The third-order valence-corrected chi connectivity index (χ3v) is 2.39. The highest BCUT2D eigenvalue weighted by molar-refractivity contribution is 5.85. The van der Waals surface area contributed by atoms with Crippen LogP contribution in [0.3, 0.4) is 0 Å². The largest absolute Gasteiger partial charge is 0.480 e. The standard InChI is InChI=1S/C8H15NO2.ClH/c1-2-6-3-4-9-7(5-6)8(10)11;/h6-7,9H,2-5H2,1H3,(H,10,11);1H/t6?,7-;/m0./s1. The molecule has 1 fully saturated rings. The number of hydrogen-bond acceptors (Lipinski definition) is 2. The van der Waals surface area contributed by atoms with Crippen molar-refractivity contribution >= 4 is 18.4 Å². The van der Waals surface area contributed by atoms with E-state index in [9.17, 15) is 4.79 Å². The van der Waals surface area contributed by atoms with Gasteiger partial charge in [0.05, 0.1) is 0 Å². The van der Waals surface area contributed by atoms with E-state index < -0.39 is 5.97 Å². The molecule has 12 heavy (non-hydrogen) atoms. The van der Waals surface area contributed by atoms with Gasteiger partial charge >= 0.3 is 5.97 Å². The third kappa shape index (κ3) is 2.99. The first kappa shape index (κ1) is 11.7. The van der Waals surface area contributed by atoms with E-state index in [1.54, 1.807) is 0 Å². The second-order valence-corrected chi connectivity index (χ2v) is 3.14. The quantitative estimate of drug-likeness (QED) is 0.695. The summed E-state index contributed by atoms with van der Waals surface area (Å²) in [5.74, 6) is -0.0968. The zero-order chi connectivity index (χ0) is 8.27. The van der Waals surface area contributed by atoms with Gasteiger partial charge in [-0.05, 0) is 25.3 Å². The lowest BCUT2D eigenvalue weighted by Gasteiger charge is -2.26. The van der Waals surface area contributed by atoms with Crippen LogP contribution in [0.15, 0.2) is 0 Å². The van der Waals surface area contributed by atoms with Crippen LogP contribution in [-0.4, -0.2) is 23.7 Å². The van der Waals surface area contributed by atoms with Gasteiger partial charge in [-0.2, -0.15) is 0 Å². The molecule has 0 aliphatic carbocycles. The fraction of sp³-hybridized carbons (Fsp3) is 0.875. The Labute approximate surface area is 78.9 Å². The van der Waals surface area contributed by atoms with E-state index in [-0.39, 0.29) is 18.4 Å². The molecule has 1 aliphatic rings. The van der Waals surface area contributed by atoms with Gasteiger partial charge in [0.2, 0.25) is 0 Å². The minimum absolute atomic E-state index is 0. The van der Waals surface area contributed by atoms with E-state index in [0.29, 0.717) is 5.92 Å². The molecule has 1 saturated heterocycles. The molecule has 0 aromatic rings. The molecule has 0 bridgehead atoms. The summed E-state index contributed by atoms with van der Waals surface area (Å²) in [5.41, 5.74) is 0. The molecule has 0 amide bonds. The summed E-state index contributed by atoms with van der Waals surface area (Å²) < 4.78 is 0. The summed E-state index contributed by atoms with van der Waals surface area (Å²) in [4.78, 5) is 10.6. The van der Waals surface area contributed by atoms with Crippen molar-refractivity contribution in [2.75, 3.05) is 6.54 Å². The molecule has 0 saturated carbocycles. The predicted octanol–water partition coefficient (Wildman–Crippen LogP) is 1.27. The maximum Gasteiger partial charge on any atom is 0.320 e.